The molecule has 1 aromatic rings. The second-order valence-corrected chi connectivity index (χ2v) is 5.97. The van der Waals surface area contributed by atoms with E-state index in [9.17, 15) is 0 Å². The van der Waals surface area contributed by atoms with Crippen LogP contribution in [0.25, 0.3) is 0 Å². The molecule has 0 saturated carbocycles. The fourth-order valence-electron chi connectivity index (χ4n) is 3.09. The molecular formula is C15H23ClN2. The Morgan fingerprint density at radius 2 is 2.00 bits per heavy atom. The third-order valence-corrected chi connectivity index (χ3v) is 4.05. The smallest absolute Gasteiger partial charge is 0.0406 e. The molecule has 18 heavy (non-hydrogen) atoms. The molecule has 1 saturated heterocycles. The Balaban J connectivity index is 2.14. The number of benzene rings is 1. The number of hydrogen-bond donors (Lipinski definition) is 1. The second-order valence-electron chi connectivity index (χ2n) is 5.53. The average molecular weight is 267 g/mol. The van der Waals surface area contributed by atoms with E-state index in [-0.39, 0.29) is 0 Å². The van der Waals surface area contributed by atoms with Gasteiger partial charge in [0.05, 0.1) is 0 Å². The highest BCUT2D eigenvalue weighted by atomic mass is 35.5. The molecular weight excluding hydrogens is 244 g/mol. The van der Waals surface area contributed by atoms with Gasteiger partial charge in [0.15, 0.2) is 0 Å². The molecule has 0 aromatic heterocycles. The molecule has 0 radical (unpaired) electrons. The maximum absolute atomic E-state index is 6.15. The third kappa shape index (κ3) is 3.25. The van der Waals surface area contributed by atoms with Gasteiger partial charge in [-0.25, -0.2) is 0 Å². The lowest BCUT2D eigenvalue weighted by Crippen LogP contribution is -2.47. The summed E-state index contributed by atoms with van der Waals surface area (Å²) in [5.41, 5.74) is 7.50. The molecule has 2 N–H and O–H groups in total. The van der Waals surface area contributed by atoms with Crippen molar-refractivity contribution in [3.8, 4) is 0 Å². The molecule has 2 rings (SSSR count). The van der Waals surface area contributed by atoms with Crippen molar-refractivity contribution in [1.29, 1.82) is 0 Å². The maximum atomic E-state index is 6.15. The molecule has 3 atom stereocenters. The number of likely N-dealkylation sites (tertiary alicyclic amines) is 1. The molecule has 3 unspecified atom stereocenters. The fourth-order valence-corrected chi connectivity index (χ4v) is 3.21. The number of rotatable bonds is 3. The van der Waals surface area contributed by atoms with Gasteiger partial charge < -0.3 is 5.73 Å². The van der Waals surface area contributed by atoms with Crippen LogP contribution in [0.3, 0.4) is 0 Å². The van der Waals surface area contributed by atoms with Crippen molar-refractivity contribution >= 4 is 11.6 Å². The van der Waals surface area contributed by atoms with Crippen LogP contribution < -0.4 is 5.73 Å². The minimum absolute atomic E-state index is 0.315. The Labute approximate surface area is 115 Å². The molecule has 0 aliphatic carbocycles. The van der Waals surface area contributed by atoms with Gasteiger partial charge in [0.2, 0.25) is 0 Å². The minimum atomic E-state index is 0.315. The number of piperidine rings is 1. The first-order valence-electron chi connectivity index (χ1n) is 6.85. The summed E-state index contributed by atoms with van der Waals surface area (Å²) in [7, 11) is 0. The standard InChI is InChI=1S/C15H23ClN2/c1-3-15(12-4-6-13(16)7-5-12)18-9-11(2)8-14(17)10-18/h4-7,11,14-15H,3,8-10,17H2,1-2H3. The summed E-state index contributed by atoms with van der Waals surface area (Å²) < 4.78 is 0. The first kappa shape index (κ1) is 13.9. The van der Waals surface area contributed by atoms with Crippen molar-refractivity contribution in [3.63, 3.8) is 0 Å². The van der Waals surface area contributed by atoms with Gasteiger partial charge in [-0.2, -0.15) is 0 Å². The van der Waals surface area contributed by atoms with E-state index in [1.54, 1.807) is 0 Å². The van der Waals surface area contributed by atoms with Crippen LogP contribution >= 0.6 is 11.6 Å². The zero-order valence-electron chi connectivity index (χ0n) is 11.3. The first-order chi connectivity index (χ1) is 8.60. The van der Waals surface area contributed by atoms with Crippen LogP contribution in [-0.4, -0.2) is 24.0 Å². The summed E-state index contributed by atoms with van der Waals surface area (Å²) >= 11 is 5.96. The third-order valence-electron chi connectivity index (χ3n) is 3.80. The average Bonchev–Trinajstić information content (AvgIpc) is 2.31. The van der Waals surface area contributed by atoms with Crippen molar-refractivity contribution in [2.24, 2.45) is 11.7 Å². The van der Waals surface area contributed by atoms with Crippen LogP contribution in [0.15, 0.2) is 24.3 Å². The van der Waals surface area contributed by atoms with Crippen molar-refractivity contribution in [2.45, 2.75) is 38.8 Å². The van der Waals surface area contributed by atoms with E-state index in [0.29, 0.717) is 18.0 Å². The lowest BCUT2D eigenvalue weighted by atomic mass is 9.92. The van der Waals surface area contributed by atoms with Gasteiger partial charge in [-0.05, 0) is 36.5 Å². The van der Waals surface area contributed by atoms with Crippen LogP contribution in [0.5, 0.6) is 0 Å². The van der Waals surface area contributed by atoms with Crippen LogP contribution in [0, 0.1) is 5.92 Å². The predicted octanol–water partition coefficient (Wildman–Crippen LogP) is 3.46. The zero-order chi connectivity index (χ0) is 13.1. The van der Waals surface area contributed by atoms with Crippen LogP contribution in [0.2, 0.25) is 5.02 Å². The van der Waals surface area contributed by atoms with E-state index < -0.39 is 0 Å². The predicted molar refractivity (Wildman–Crippen MR) is 77.8 cm³/mol. The molecule has 1 aliphatic rings. The number of hydrogen-bond acceptors (Lipinski definition) is 2. The summed E-state index contributed by atoms with van der Waals surface area (Å²) in [5.74, 6) is 0.690. The zero-order valence-corrected chi connectivity index (χ0v) is 12.0. The SMILES string of the molecule is CCC(c1ccc(Cl)cc1)N1CC(C)CC(N)C1. The van der Waals surface area contributed by atoms with E-state index in [2.05, 4.69) is 30.9 Å². The lowest BCUT2D eigenvalue weighted by Gasteiger charge is -2.40. The van der Waals surface area contributed by atoms with E-state index >= 15 is 0 Å². The second kappa shape index (κ2) is 6.05. The minimum Gasteiger partial charge on any atom is -0.327 e. The van der Waals surface area contributed by atoms with Gasteiger partial charge in [-0.15, -0.1) is 0 Å². The molecule has 0 spiro atoms. The summed E-state index contributed by atoms with van der Waals surface area (Å²) in [5, 5.41) is 0.803. The van der Waals surface area contributed by atoms with Gasteiger partial charge in [0, 0.05) is 30.2 Å². The van der Waals surface area contributed by atoms with Crippen molar-refractivity contribution in [1.82, 2.24) is 4.90 Å². The molecule has 100 valence electrons. The normalized spacial score (nSPS) is 27.1. The van der Waals surface area contributed by atoms with Crippen molar-refractivity contribution in [2.75, 3.05) is 13.1 Å². The molecule has 0 amide bonds. The van der Waals surface area contributed by atoms with E-state index in [4.69, 9.17) is 17.3 Å². The summed E-state index contributed by atoms with van der Waals surface area (Å²) in [6.07, 6.45) is 2.26. The molecule has 1 aromatic carbocycles. The molecule has 0 bridgehead atoms. The summed E-state index contributed by atoms with van der Waals surface area (Å²) in [6.45, 7) is 6.69. The van der Waals surface area contributed by atoms with Crippen LogP contribution in [0.1, 0.15) is 38.3 Å². The van der Waals surface area contributed by atoms with Crippen molar-refractivity contribution < 1.29 is 0 Å². The highest BCUT2D eigenvalue weighted by Gasteiger charge is 2.27. The van der Waals surface area contributed by atoms with E-state index in [1.165, 1.54) is 5.56 Å². The topological polar surface area (TPSA) is 29.3 Å². The van der Waals surface area contributed by atoms with Gasteiger partial charge in [0.1, 0.15) is 0 Å². The van der Waals surface area contributed by atoms with Gasteiger partial charge in [-0.1, -0.05) is 37.6 Å². The molecule has 1 fully saturated rings. The Morgan fingerprint density at radius 3 is 2.56 bits per heavy atom. The lowest BCUT2D eigenvalue weighted by molar-refractivity contribution is 0.112. The summed E-state index contributed by atoms with van der Waals surface area (Å²) in [6, 6.07) is 9.02. The summed E-state index contributed by atoms with van der Waals surface area (Å²) in [4.78, 5) is 2.53. The Morgan fingerprint density at radius 1 is 1.33 bits per heavy atom. The van der Waals surface area contributed by atoms with E-state index in [1.807, 2.05) is 12.1 Å². The van der Waals surface area contributed by atoms with Gasteiger partial charge in [0.25, 0.3) is 0 Å². The number of nitrogens with zero attached hydrogens (tertiary/aromatic N) is 1. The number of halogens is 1. The van der Waals surface area contributed by atoms with Crippen LogP contribution in [0.4, 0.5) is 0 Å². The van der Waals surface area contributed by atoms with E-state index in [0.717, 1.165) is 31.0 Å². The highest BCUT2D eigenvalue weighted by molar-refractivity contribution is 6.30. The number of nitrogens with two attached hydrogens (primary N) is 1. The highest BCUT2D eigenvalue weighted by Crippen LogP contribution is 2.29. The molecule has 1 aliphatic heterocycles. The van der Waals surface area contributed by atoms with Crippen LogP contribution in [-0.2, 0) is 0 Å². The Kier molecular flexibility index (Phi) is 4.66. The fraction of sp³-hybridized carbons (Fsp3) is 0.600. The van der Waals surface area contributed by atoms with Gasteiger partial charge in [-0.3, -0.25) is 4.90 Å². The maximum Gasteiger partial charge on any atom is 0.0406 e. The largest absolute Gasteiger partial charge is 0.327 e. The monoisotopic (exact) mass is 266 g/mol. The molecule has 1 heterocycles. The van der Waals surface area contributed by atoms with Gasteiger partial charge >= 0.3 is 0 Å². The Bertz CT molecular complexity index is 367. The first-order valence-corrected chi connectivity index (χ1v) is 7.23. The Hall–Kier alpha value is -0.570. The van der Waals surface area contributed by atoms with Crippen molar-refractivity contribution in [3.05, 3.63) is 34.9 Å². The molecule has 2 nitrogen and oxygen atoms in total. The quantitative estimate of drug-likeness (QED) is 0.908. The molecule has 3 heteroatoms.